The Morgan fingerprint density at radius 3 is 2.57 bits per heavy atom. The Hall–Kier alpha value is -5.29. The van der Waals surface area contributed by atoms with E-state index in [2.05, 4.69) is 27.6 Å². The first-order valence-corrected chi connectivity index (χ1v) is 15.2. The maximum atomic E-state index is 13.4. The van der Waals surface area contributed by atoms with Crippen molar-refractivity contribution >= 4 is 34.8 Å². The van der Waals surface area contributed by atoms with E-state index in [1.54, 1.807) is 35.9 Å². The fraction of sp³-hybridized carbons (Fsp3) is 0.257. The molecule has 232 valence electrons. The Morgan fingerprint density at radius 2 is 1.83 bits per heavy atom. The third-order valence-corrected chi connectivity index (χ3v) is 9.68. The van der Waals surface area contributed by atoms with E-state index in [0.29, 0.717) is 52.7 Å². The van der Waals surface area contributed by atoms with Gasteiger partial charge in [0.25, 0.3) is 5.91 Å². The number of halogens is 1. The monoisotopic (exact) mass is 618 g/mol. The minimum absolute atomic E-state index is 0.000235. The number of carbonyl (C=O) groups excluding carboxylic acids is 2. The van der Waals surface area contributed by atoms with Gasteiger partial charge in [-0.25, -0.2) is 8.91 Å². The highest BCUT2D eigenvalue weighted by Gasteiger charge is 2.79. The Morgan fingerprint density at radius 1 is 1.04 bits per heavy atom. The summed E-state index contributed by atoms with van der Waals surface area (Å²) in [7, 11) is 1.57. The quantitative estimate of drug-likeness (QED) is 0.242. The number of anilines is 3. The van der Waals surface area contributed by atoms with Crippen molar-refractivity contribution in [3.8, 4) is 16.9 Å². The molecule has 3 fully saturated rings. The van der Waals surface area contributed by atoms with Crippen molar-refractivity contribution in [2.24, 2.45) is 11.8 Å². The van der Waals surface area contributed by atoms with Crippen LogP contribution in [0, 0.1) is 17.7 Å². The lowest BCUT2D eigenvalue weighted by molar-refractivity contribution is -0.115. The Bertz CT molecular complexity index is 1990. The highest BCUT2D eigenvalue weighted by Crippen LogP contribution is 2.66. The fourth-order valence-corrected chi connectivity index (χ4v) is 7.16. The molecule has 46 heavy (non-hydrogen) atoms. The van der Waals surface area contributed by atoms with Crippen LogP contribution in [0.4, 0.5) is 21.7 Å². The van der Waals surface area contributed by atoms with Gasteiger partial charge in [0, 0.05) is 28.9 Å². The molecule has 1 spiro atoms. The third kappa shape index (κ3) is 4.57. The van der Waals surface area contributed by atoms with Gasteiger partial charge in [-0.05, 0) is 71.6 Å². The van der Waals surface area contributed by atoms with Gasteiger partial charge in [-0.3, -0.25) is 9.59 Å². The summed E-state index contributed by atoms with van der Waals surface area (Å²) in [5, 5.41) is 10.7. The molecule has 5 aromatic rings. The minimum Gasteiger partial charge on any atom is -0.495 e. The number of nitrogens with one attached hydrogen (secondary N) is 2. The van der Waals surface area contributed by atoms with Crippen molar-refractivity contribution in [1.82, 2.24) is 19.5 Å². The molecule has 1 saturated carbocycles. The molecule has 2 aliphatic heterocycles. The summed E-state index contributed by atoms with van der Waals surface area (Å²) in [6, 6.07) is 22.6. The zero-order chi connectivity index (χ0) is 31.6. The molecule has 3 aromatic carbocycles. The number of pyridine rings is 1. The summed E-state index contributed by atoms with van der Waals surface area (Å²) in [5.41, 5.74) is 5.01. The molecule has 4 unspecified atom stereocenters. The second-order valence-electron chi connectivity index (χ2n) is 12.1. The van der Waals surface area contributed by atoms with Crippen molar-refractivity contribution < 1.29 is 23.5 Å². The zero-order valence-electron chi connectivity index (χ0n) is 25.2. The molecule has 0 radical (unpaired) electrons. The van der Waals surface area contributed by atoms with Crippen LogP contribution in [0.15, 0.2) is 85.1 Å². The van der Waals surface area contributed by atoms with Crippen LogP contribution in [0.3, 0.4) is 0 Å². The van der Waals surface area contributed by atoms with Gasteiger partial charge < -0.3 is 25.0 Å². The molecular weight excluding hydrogens is 587 g/mol. The van der Waals surface area contributed by atoms with E-state index in [1.165, 1.54) is 12.1 Å². The number of hydrogen-bond donors (Lipinski definition) is 2. The van der Waals surface area contributed by atoms with Crippen molar-refractivity contribution in [1.29, 1.82) is 0 Å². The molecule has 4 heterocycles. The highest BCUT2D eigenvalue weighted by atomic mass is 19.1. The first-order valence-electron chi connectivity index (χ1n) is 15.2. The van der Waals surface area contributed by atoms with Gasteiger partial charge in [-0.15, -0.1) is 5.10 Å². The Kier molecular flexibility index (Phi) is 6.54. The van der Waals surface area contributed by atoms with Crippen molar-refractivity contribution in [2.45, 2.75) is 25.0 Å². The Labute approximate surface area is 264 Å². The van der Waals surface area contributed by atoms with Crippen molar-refractivity contribution in [3.05, 3.63) is 102 Å². The molecular formula is C35H31FN6O4. The minimum atomic E-state index is -0.332. The topological polar surface area (TPSA) is 110 Å². The second-order valence-corrected chi connectivity index (χ2v) is 12.1. The molecule has 10 nitrogen and oxygen atoms in total. The average Bonchev–Trinajstić information content (AvgIpc) is 3.32. The summed E-state index contributed by atoms with van der Waals surface area (Å²) < 4.78 is 26.3. The van der Waals surface area contributed by atoms with Crippen LogP contribution in [-0.4, -0.2) is 63.2 Å². The molecule has 0 bridgehead atoms. The van der Waals surface area contributed by atoms with Crippen molar-refractivity contribution in [2.75, 3.05) is 30.9 Å². The lowest BCUT2D eigenvalue weighted by atomic mass is 9.92. The fourth-order valence-electron chi connectivity index (χ4n) is 7.16. The van der Waals surface area contributed by atoms with Gasteiger partial charge in [-0.1, -0.05) is 31.2 Å². The molecule has 2 aromatic heterocycles. The summed E-state index contributed by atoms with van der Waals surface area (Å²) >= 11 is 0. The number of fused-ring (bicyclic) bond motifs is 1. The van der Waals surface area contributed by atoms with Crippen LogP contribution in [0.1, 0.15) is 22.8 Å². The SMILES string of the molecule is COc1cc(C(=O)N2CC3OCC4C(C)C342)ccc1Nc1nc2ccc(-c3ccc(NC(=O)Cc4ccc(F)cc4)cc3)cn2n1. The number of ether oxygens (including phenoxy) is 2. The van der Waals surface area contributed by atoms with E-state index in [1.807, 2.05) is 53.6 Å². The maximum absolute atomic E-state index is 13.4. The lowest BCUT2D eigenvalue weighted by Crippen LogP contribution is -2.65. The molecule has 2 N–H and O–H groups in total. The molecule has 1 aliphatic carbocycles. The van der Waals surface area contributed by atoms with Gasteiger partial charge in [0.2, 0.25) is 11.9 Å². The van der Waals surface area contributed by atoms with E-state index < -0.39 is 0 Å². The molecule has 2 amide bonds. The van der Waals surface area contributed by atoms with Crippen LogP contribution in [0.2, 0.25) is 0 Å². The van der Waals surface area contributed by atoms with Gasteiger partial charge in [0.15, 0.2) is 5.65 Å². The normalized spacial score (nSPS) is 22.5. The maximum Gasteiger partial charge on any atom is 0.254 e. The predicted molar refractivity (Wildman–Crippen MR) is 170 cm³/mol. The van der Waals surface area contributed by atoms with Gasteiger partial charge in [0.1, 0.15) is 11.6 Å². The number of hydrogen-bond acceptors (Lipinski definition) is 7. The number of rotatable bonds is 8. The molecule has 3 aliphatic rings. The van der Waals surface area contributed by atoms with E-state index in [0.717, 1.165) is 23.3 Å². The number of aromatic nitrogens is 3. The highest BCUT2D eigenvalue weighted by molar-refractivity contribution is 5.97. The Balaban J connectivity index is 0.942. The number of carbonyl (C=O) groups is 2. The number of likely N-dealkylation sites (tertiary alicyclic amines) is 1. The van der Waals surface area contributed by atoms with Crippen LogP contribution in [0.5, 0.6) is 5.75 Å². The van der Waals surface area contributed by atoms with Crippen LogP contribution in [0.25, 0.3) is 16.8 Å². The van der Waals surface area contributed by atoms with Crippen LogP contribution in [-0.2, 0) is 16.0 Å². The van der Waals surface area contributed by atoms with E-state index >= 15 is 0 Å². The van der Waals surface area contributed by atoms with E-state index in [4.69, 9.17) is 9.47 Å². The largest absolute Gasteiger partial charge is 0.495 e. The number of amides is 2. The van der Waals surface area contributed by atoms with Crippen LogP contribution >= 0.6 is 0 Å². The molecule has 11 heteroatoms. The summed E-state index contributed by atoms with van der Waals surface area (Å²) in [6.45, 7) is 3.58. The number of methoxy groups -OCH3 is 1. The van der Waals surface area contributed by atoms with E-state index in [9.17, 15) is 14.0 Å². The van der Waals surface area contributed by atoms with E-state index in [-0.39, 0.29) is 35.7 Å². The summed E-state index contributed by atoms with van der Waals surface area (Å²) in [6.07, 6.45) is 2.20. The second kappa shape index (κ2) is 10.7. The standard InChI is InChI=1S/C35H31FN6O4/c1-20-27-19-46-30-18-41(35(20,27)30)33(44)23-7-13-28(29(16-23)45-2)38-34-39-31-14-8-24(17-42(31)40-34)22-5-11-26(12-6-22)37-32(43)15-21-3-9-25(36)10-4-21/h3-14,16-17,20,27,30H,15,18-19H2,1-2H3,(H,37,43)(H,38,40). The van der Waals surface area contributed by atoms with Gasteiger partial charge in [-0.2, -0.15) is 4.98 Å². The summed E-state index contributed by atoms with van der Waals surface area (Å²) in [5.74, 6) is 1.30. The zero-order valence-corrected chi connectivity index (χ0v) is 25.2. The number of nitrogens with zero attached hydrogens (tertiary/aromatic N) is 4. The average molecular weight is 619 g/mol. The predicted octanol–water partition coefficient (Wildman–Crippen LogP) is 5.33. The van der Waals surface area contributed by atoms with Crippen molar-refractivity contribution in [3.63, 3.8) is 0 Å². The molecule has 4 atom stereocenters. The van der Waals surface area contributed by atoms with Gasteiger partial charge >= 0.3 is 0 Å². The smallest absolute Gasteiger partial charge is 0.254 e. The van der Waals surface area contributed by atoms with Crippen LogP contribution < -0.4 is 15.4 Å². The molecule has 8 rings (SSSR count). The first-order chi connectivity index (χ1) is 22.3. The number of benzene rings is 3. The molecule has 2 saturated heterocycles. The van der Waals surface area contributed by atoms with Gasteiger partial charge in [0.05, 0.1) is 44.0 Å². The lowest BCUT2D eigenvalue weighted by Gasteiger charge is -2.47. The third-order valence-electron chi connectivity index (χ3n) is 9.68. The first kappa shape index (κ1) is 28.2. The summed E-state index contributed by atoms with van der Waals surface area (Å²) in [4.78, 5) is 32.4.